The minimum atomic E-state index is -0.0952. The number of carbonyl (C=O) groups excluding carboxylic acids is 1. The van der Waals surface area contributed by atoms with Gasteiger partial charge in [0, 0.05) is 28.7 Å². The summed E-state index contributed by atoms with van der Waals surface area (Å²) >= 11 is 0. The fraction of sp³-hybridized carbons (Fsp3) is 0.417. The molecule has 2 aromatic carbocycles. The van der Waals surface area contributed by atoms with Crippen LogP contribution in [0.4, 0.5) is 0 Å². The Kier molecular flexibility index (Phi) is 6.04. The van der Waals surface area contributed by atoms with Crippen LogP contribution >= 0.6 is 0 Å². The number of piperidine rings is 1. The predicted octanol–water partition coefficient (Wildman–Crippen LogP) is 4.40. The number of methoxy groups -OCH3 is 1. The van der Waals surface area contributed by atoms with Crippen LogP contribution in [-0.4, -0.2) is 30.1 Å². The number of amides is 1. The van der Waals surface area contributed by atoms with Crippen molar-refractivity contribution in [3.8, 4) is 23.3 Å². The fourth-order valence-electron chi connectivity index (χ4n) is 4.31. The lowest BCUT2D eigenvalue weighted by Crippen LogP contribution is -2.62. The largest absolute Gasteiger partial charge is 0.497 e. The predicted molar refractivity (Wildman–Crippen MR) is 116 cm³/mol. The van der Waals surface area contributed by atoms with Gasteiger partial charge in [0.15, 0.2) is 0 Å². The number of benzene rings is 2. The molecule has 3 rings (SSSR count). The molecular formula is C24H29N3O3. The first-order valence-corrected chi connectivity index (χ1v) is 10.1. The van der Waals surface area contributed by atoms with Gasteiger partial charge in [-0.3, -0.25) is 4.79 Å². The number of hydrogen-bond acceptors (Lipinski definition) is 5. The Bertz CT molecular complexity index is 943. The van der Waals surface area contributed by atoms with Gasteiger partial charge < -0.3 is 20.1 Å². The van der Waals surface area contributed by atoms with Gasteiger partial charge in [0.1, 0.15) is 23.3 Å². The van der Waals surface area contributed by atoms with Gasteiger partial charge in [-0.25, -0.2) is 0 Å². The van der Waals surface area contributed by atoms with Crippen LogP contribution < -0.4 is 20.1 Å². The molecule has 0 saturated carbocycles. The maximum absolute atomic E-state index is 12.7. The standard InChI is InChI=1S/C24H29N3O3/c1-23(2)13-18(14-24(3,4)27-23)26-22(28)16-6-8-19(9-7-16)30-21-11-10-20(29-5)12-17(21)15-25/h6-12,18,27H,13-14H2,1-5H3,(H,26,28). The van der Waals surface area contributed by atoms with Crippen LogP contribution in [-0.2, 0) is 0 Å². The third-order valence-electron chi connectivity index (χ3n) is 5.18. The molecule has 1 aliphatic heterocycles. The molecule has 30 heavy (non-hydrogen) atoms. The van der Waals surface area contributed by atoms with E-state index in [0.717, 1.165) is 12.8 Å². The maximum atomic E-state index is 12.7. The number of nitrogens with one attached hydrogen (secondary N) is 2. The van der Waals surface area contributed by atoms with Crippen molar-refractivity contribution in [3.05, 3.63) is 53.6 Å². The molecule has 0 radical (unpaired) electrons. The van der Waals surface area contributed by atoms with Gasteiger partial charge in [-0.15, -0.1) is 0 Å². The zero-order chi connectivity index (χ0) is 21.9. The first-order valence-electron chi connectivity index (χ1n) is 10.1. The summed E-state index contributed by atoms with van der Waals surface area (Å²) in [5.41, 5.74) is 0.890. The van der Waals surface area contributed by atoms with Crippen LogP contribution in [0.25, 0.3) is 0 Å². The molecule has 2 aromatic rings. The highest BCUT2D eigenvalue weighted by molar-refractivity contribution is 5.94. The summed E-state index contributed by atoms with van der Waals surface area (Å²) in [4.78, 5) is 12.7. The quantitative estimate of drug-likeness (QED) is 0.768. The summed E-state index contributed by atoms with van der Waals surface area (Å²) in [6, 6.07) is 14.2. The minimum absolute atomic E-state index is 0.0335. The molecule has 0 aliphatic carbocycles. The lowest BCUT2D eigenvalue weighted by molar-refractivity contribution is 0.0873. The van der Waals surface area contributed by atoms with E-state index >= 15 is 0 Å². The van der Waals surface area contributed by atoms with Crippen LogP contribution in [0.5, 0.6) is 17.2 Å². The van der Waals surface area contributed by atoms with E-state index < -0.39 is 0 Å². The lowest BCUT2D eigenvalue weighted by Gasteiger charge is -2.46. The van der Waals surface area contributed by atoms with Crippen molar-refractivity contribution in [2.24, 2.45) is 0 Å². The molecule has 1 fully saturated rings. The number of rotatable bonds is 5. The highest BCUT2D eigenvalue weighted by Crippen LogP contribution is 2.30. The fourth-order valence-corrected chi connectivity index (χ4v) is 4.31. The number of ether oxygens (including phenoxy) is 2. The van der Waals surface area contributed by atoms with Crippen molar-refractivity contribution in [1.82, 2.24) is 10.6 Å². The van der Waals surface area contributed by atoms with Gasteiger partial charge >= 0.3 is 0 Å². The third-order valence-corrected chi connectivity index (χ3v) is 5.18. The minimum Gasteiger partial charge on any atom is -0.497 e. The summed E-state index contributed by atoms with van der Waals surface area (Å²) in [5.74, 6) is 1.49. The normalized spacial score (nSPS) is 17.6. The highest BCUT2D eigenvalue weighted by Gasteiger charge is 2.38. The first kappa shape index (κ1) is 21.7. The van der Waals surface area contributed by atoms with Crippen LogP contribution in [0, 0.1) is 11.3 Å². The Labute approximate surface area is 178 Å². The molecule has 1 aliphatic rings. The van der Waals surface area contributed by atoms with Crippen LogP contribution in [0.1, 0.15) is 56.5 Å². The van der Waals surface area contributed by atoms with E-state index in [4.69, 9.17) is 9.47 Å². The second kappa shape index (κ2) is 8.37. The summed E-state index contributed by atoms with van der Waals surface area (Å²) < 4.78 is 11.0. The average molecular weight is 408 g/mol. The molecule has 6 heteroatoms. The van der Waals surface area contributed by atoms with E-state index in [2.05, 4.69) is 44.4 Å². The number of nitrogens with zero attached hydrogens (tertiary/aromatic N) is 1. The Balaban J connectivity index is 1.67. The van der Waals surface area contributed by atoms with Crippen molar-refractivity contribution in [2.45, 2.75) is 57.7 Å². The molecular weight excluding hydrogens is 378 g/mol. The average Bonchev–Trinajstić information content (AvgIpc) is 2.66. The Morgan fingerprint density at radius 1 is 1.07 bits per heavy atom. The molecule has 0 bridgehead atoms. The van der Waals surface area contributed by atoms with E-state index in [9.17, 15) is 10.1 Å². The molecule has 0 unspecified atom stereocenters. The highest BCUT2D eigenvalue weighted by atomic mass is 16.5. The van der Waals surface area contributed by atoms with Crippen LogP contribution in [0.15, 0.2) is 42.5 Å². The van der Waals surface area contributed by atoms with Crippen molar-refractivity contribution < 1.29 is 14.3 Å². The van der Waals surface area contributed by atoms with E-state index in [1.165, 1.54) is 0 Å². The van der Waals surface area contributed by atoms with Crippen LogP contribution in [0.3, 0.4) is 0 Å². The van der Waals surface area contributed by atoms with E-state index in [-0.39, 0.29) is 23.0 Å². The van der Waals surface area contributed by atoms with Gasteiger partial charge in [-0.05, 0) is 76.9 Å². The molecule has 158 valence electrons. The third kappa shape index (κ3) is 5.31. The lowest BCUT2D eigenvalue weighted by atomic mass is 9.79. The van der Waals surface area contributed by atoms with Crippen molar-refractivity contribution >= 4 is 5.91 Å². The second-order valence-corrected chi connectivity index (χ2v) is 9.07. The molecule has 0 atom stereocenters. The summed E-state index contributed by atoms with van der Waals surface area (Å²) in [6.45, 7) is 8.64. The molecule has 6 nitrogen and oxygen atoms in total. The maximum Gasteiger partial charge on any atom is 0.251 e. The Morgan fingerprint density at radius 2 is 1.67 bits per heavy atom. The smallest absolute Gasteiger partial charge is 0.251 e. The van der Waals surface area contributed by atoms with Crippen molar-refractivity contribution in [2.75, 3.05) is 7.11 Å². The zero-order valence-corrected chi connectivity index (χ0v) is 18.2. The topological polar surface area (TPSA) is 83.4 Å². The number of carbonyl (C=O) groups is 1. The first-order chi connectivity index (χ1) is 14.1. The summed E-state index contributed by atoms with van der Waals surface area (Å²) in [7, 11) is 1.55. The summed E-state index contributed by atoms with van der Waals surface area (Å²) in [6.07, 6.45) is 1.75. The SMILES string of the molecule is COc1ccc(Oc2ccc(C(=O)NC3CC(C)(C)NC(C)(C)C3)cc2)c(C#N)c1. The molecule has 1 heterocycles. The van der Waals surface area contributed by atoms with Crippen molar-refractivity contribution in [1.29, 1.82) is 5.26 Å². The molecule has 1 saturated heterocycles. The molecule has 1 amide bonds. The van der Waals surface area contributed by atoms with Gasteiger partial charge in [0.2, 0.25) is 0 Å². The van der Waals surface area contributed by atoms with Gasteiger partial charge in [0.25, 0.3) is 5.91 Å². The number of hydrogen-bond donors (Lipinski definition) is 2. The molecule has 0 spiro atoms. The Morgan fingerprint density at radius 3 is 2.23 bits per heavy atom. The zero-order valence-electron chi connectivity index (χ0n) is 18.2. The number of nitriles is 1. The summed E-state index contributed by atoms with van der Waals surface area (Å²) in [5, 5.41) is 16.1. The van der Waals surface area contributed by atoms with E-state index in [1.54, 1.807) is 49.6 Å². The molecule has 0 aromatic heterocycles. The van der Waals surface area contributed by atoms with Crippen LogP contribution in [0.2, 0.25) is 0 Å². The van der Waals surface area contributed by atoms with E-state index in [1.807, 2.05) is 0 Å². The van der Waals surface area contributed by atoms with Gasteiger partial charge in [0.05, 0.1) is 12.7 Å². The monoisotopic (exact) mass is 407 g/mol. The van der Waals surface area contributed by atoms with Crippen molar-refractivity contribution in [3.63, 3.8) is 0 Å². The van der Waals surface area contributed by atoms with Gasteiger partial charge in [-0.2, -0.15) is 5.26 Å². The van der Waals surface area contributed by atoms with E-state index in [0.29, 0.717) is 28.4 Å². The van der Waals surface area contributed by atoms with Gasteiger partial charge in [-0.1, -0.05) is 0 Å². The Hall–Kier alpha value is -3.04. The molecule has 2 N–H and O–H groups in total. The second-order valence-electron chi connectivity index (χ2n) is 9.07.